The normalized spacial score (nSPS) is 17.0. The summed E-state index contributed by atoms with van der Waals surface area (Å²) < 4.78 is 5.44. The van der Waals surface area contributed by atoms with Crippen molar-refractivity contribution in [2.45, 2.75) is 52.2 Å². The van der Waals surface area contributed by atoms with Crippen molar-refractivity contribution in [3.63, 3.8) is 0 Å². The highest BCUT2D eigenvalue weighted by atomic mass is 16.5. The summed E-state index contributed by atoms with van der Waals surface area (Å²) in [5.74, 6) is -2.57. The highest BCUT2D eigenvalue weighted by Gasteiger charge is 2.45. The number of nitrogens with one attached hydrogen (secondary N) is 1. The molecule has 2 aromatic rings. The van der Waals surface area contributed by atoms with Crippen LogP contribution in [0.5, 0.6) is 0 Å². The van der Waals surface area contributed by atoms with E-state index >= 15 is 0 Å². The number of carbonyl (C=O) groups is 5. The van der Waals surface area contributed by atoms with E-state index in [2.05, 4.69) is 5.32 Å². The fourth-order valence-corrected chi connectivity index (χ4v) is 4.24. The summed E-state index contributed by atoms with van der Waals surface area (Å²) in [7, 11) is 0. The Morgan fingerprint density at radius 1 is 1.03 bits per heavy atom. The van der Waals surface area contributed by atoms with Gasteiger partial charge < -0.3 is 10.1 Å². The second kappa shape index (κ2) is 8.98. The fraction of sp³-hybridized carbons (Fsp3) is 0.346. The predicted octanol–water partition coefficient (Wildman–Crippen LogP) is 3.39. The van der Waals surface area contributed by atoms with Gasteiger partial charge in [0.1, 0.15) is 5.54 Å². The number of imide groups is 1. The second-order valence-electron chi connectivity index (χ2n) is 9.13. The molecule has 1 unspecified atom stereocenters. The molecule has 2 aliphatic heterocycles. The smallest absolute Gasteiger partial charge is 0.338 e. The van der Waals surface area contributed by atoms with Crippen molar-refractivity contribution in [3.05, 3.63) is 59.2 Å². The van der Waals surface area contributed by atoms with E-state index in [4.69, 9.17) is 4.74 Å². The Labute approximate surface area is 203 Å². The van der Waals surface area contributed by atoms with Gasteiger partial charge in [-0.1, -0.05) is 25.5 Å². The minimum atomic E-state index is -1.22. The van der Waals surface area contributed by atoms with E-state index in [1.807, 2.05) is 6.92 Å². The molecule has 1 N–H and O–H groups in total. The predicted molar refractivity (Wildman–Crippen MR) is 128 cm³/mol. The van der Waals surface area contributed by atoms with Crippen molar-refractivity contribution >= 4 is 41.0 Å². The van der Waals surface area contributed by atoms with Gasteiger partial charge in [0, 0.05) is 6.54 Å². The molecule has 35 heavy (non-hydrogen) atoms. The minimum absolute atomic E-state index is 0.0536. The highest BCUT2D eigenvalue weighted by molar-refractivity contribution is 6.22. The van der Waals surface area contributed by atoms with Gasteiger partial charge in [0.15, 0.2) is 6.10 Å². The molecule has 0 spiro atoms. The molecule has 0 bridgehead atoms. The number of benzene rings is 2. The number of para-hydroxylation sites is 2. The van der Waals surface area contributed by atoms with Crippen LogP contribution in [0.15, 0.2) is 42.5 Å². The van der Waals surface area contributed by atoms with Gasteiger partial charge in [0.05, 0.1) is 28.1 Å². The lowest BCUT2D eigenvalue weighted by Gasteiger charge is -2.42. The van der Waals surface area contributed by atoms with Crippen LogP contribution in [0.4, 0.5) is 11.4 Å². The summed E-state index contributed by atoms with van der Waals surface area (Å²) in [6.07, 6.45) is 0.303. The van der Waals surface area contributed by atoms with Crippen LogP contribution < -0.4 is 10.2 Å². The number of hydrogen-bond acceptors (Lipinski definition) is 6. The summed E-state index contributed by atoms with van der Waals surface area (Å²) in [5, 5.41) is 2.78. The number of amides is 4. The van der Waals surface area contributed by atoms with Gasteiger partial charge in [-0.05, 0) is 57.5 Å². The van der Waals surface area contributed by atoms with Crippen molar-refractivity contribution in [1.82, 2.24) is 4.90 Å². The van der Waals surface area contributed by atoms with E-state index in [-0.39, 0.29) is 28.5 Å². The summed E-state index contributed by atoms with van der Waals surface area (Å²) in [5.41, 5.74) is 0.204. The maximum atomic E-state index is 13.4. The molecule has 1 atom stereocenters. The molecule has 0 saturated carbocycles. The minimum Gasteiger partial charge on any atom is -0.449 e. The molecule has 2 aromatic carbocycles. The first kappa shape index (κ1) is 24.1. The van der Waals surface area contributed by atoms with Crippen molar-refractivity contribution in [1.29, 1.82) is 0 Å². The molecule has 0 aromatic heterocycles. The van der Waals surface area contributed by atoms with Gasteiger partial charge in [-0.25, -0.2) is 4.79 Å². The molecular weight excluding hydrogens is 450 g/mol. The van der Waals surface area contributed by atoms with Crippen molar-refractivity contribution in [2.75, 3.05) is 16.8 Å². The molecule has 0 aliphatic carbocycles. The monoisotopic (exact) mass is 477 g/mol. The largest absolute Gasteiger partial charge is 0.449 e. The average Bonchev–Trinajstić information content (AvgIpc) is 3.06. The molecular formula is C26H27N3O6. The number of esters is 1. The lowest BCUT2D eigenvalue weighted by atomic mass is 9.95. The van der Waals surface area contributed by atoms with Crippen LogP contribution in [0.3, 0.4) is 0 Å². The molecule has 4 rings (SSSR count). The van der Waals surface area contributed by atoms with E-state index in [0.717, 1.165) is 6.42 Å². The first-order chi connectivity index (χ1) is 16.6. The number of unbranched alkanes of at least 4 members (excludes halogenated alkanes) is 1. The topological polar surface area (TPSA) is 113 Å². The number of ether oxygens (including phenoxy) is 1. The van der Waals surface area contributed by atoms with Crippen LogP contribution >= 0.6 is 0 Å². The third-order valence-electron chi connectivity index (χ3n) is 6.30. The third-order valence-corrected chi connectivity index (χ3v) is 6.30. The second-order valence-corrected chi connectivity index (χ2v) is 9.13. The molecule has 2 aliphatic rings. The standard InChI is InChI=1S/C26H27N3O6/c1-5-6-13-28-22(31)17-12-11-16(14-18(17)23(28)32)24(33)35-15(2)21(30)29-20-10-8-7-9-19(20)27-25(34)26(29,3)4/h7-12,14-15H,5-6,13H2,1-4H3,(H,27,34). The molecule has 0 saturated heterocycles. The molecule has 182 valence electrons. The Bertz CT molecular complexity index is 1250. The van der Waals surface area contributed by atoms with Crippen molar-refractivity contribution in [2.24, 2.45) is 0 Å². The van der Waals surface area contributed by atoms with Gasteiger partial charge in [0.2, 0.25) is 5.91 Å². The van der Waals surface area contributed by atoms with Gasteiger partial charge in [-0.2, -0.15) is 0 Å². The Hall–Kier alpha value is -4.01. The number of nitrogens with zero attached hydrogens (tertiary/aromatic N) is 2. The lowest BCUT2D eigenvalue weighted by Crippen LogP contribution is -2.60. The van der Waals surface area contributed by atoms with E-state index < -0.39 is 29.4 Å². The van der Waals surface area contributed by atoms with Gasteiger partial charge >= 0.3 is 5.97 Å². The zero-order valence-electron chi connectivity index (χ0n) is 20.1. The van der Waals surface area contributed by atoms with Gasteiger partial charge in [-0.15, -0.1) is 0 Å². The highest BCUT2D eigenvalue weighted by Crippen LogP contribution is 2.37. The molecule has 0 fully saturated rings. The number of carbonyl (C=O) groups excluding carboxylic acids is 5. The average molecular weight is 478 g/mol. The number of fused-ring (bicyclic) bond motifs is 2. The van der Waals surface area contributed by atoms with Crippen LogP contribution in [0.2, 0.25) is 0 Å². The Kier molecular flexibility index (Phi) is 6.19. The van der Waals surface area contributed by atoms with Crippen LogP contribution in [0.1, 0.15) is 71.6 Å². The third kappa shape index (κ3) is 4.07. The maximum Gasteiger partial charge on any atom is 0.338 e. The van der Waals surface area contributed by atoms with E-state index in [9.17, 15) is 24.0 Å². The quantitative estimate of drug-likeness (QED) is 0.504. The van der Waals surface area contributed by atoms with E-state index in [0.29, 0.717) is 24.3 Å². The Balaban J connectivity index is 1.54. The Morgan fingerprint density at radius 3 is 2.43 bits per heavy atom. The summed E-state index contributed by atoms with van der Waals surface area (Å²) >= 11 is 0. The van der Waals surface area contributed by atoms with Crippen molar-refractivity contribution < 1.29 is 28.7 Å². The Morgan fingerprint density at radius 2 is 1.71 bits per heavy atom. The lowest BCUT2D eigenvalue weighted by molar-refractivity contribution is -0.131. The molecule has 0 radical (unpaired) electrons. The zero-order chi connectivity index (χ0) is 25.5. The van der Waals surface area contributed by atoms with Gasteiger partial charge in [0.25, 0.3) is 17.7 Å². The van der Waals surface area contributed by atoms with Crippen LogP contribution in [-0.4, -0.2) is 52.7 Å². The number of rotatable bonds is 6. The SMILES string of the molecule is CCCCN1C(=O)c2ccc(C(=O)OC(C)C(=O)N3c4ccccc4NC(=O)C3(C)C)cc2C1=O. The molecule has 9 heteroatoms. The zero-order valence-corrected chi connectivity index (χ0v) is 20.1. The molecule has 9 nitrogen and oxygen atoms in total. The summed E-state index contributed by atoms with van der Waals surface area (Å²) in [6.45, 7) is 6.93. The van der Waals surface area contributed by atoms with Crippen LogP contribution in [0.25, 0.3) is 0 Å². The first-order valence-electron chi connectivity index (χ1n) is 11.5. The van der Waals surface area contributed by atoms with Gasteiger partial charge in [-0.3, -0.25) is 29.0 Å². The summed E-state index contributed by atoms with van der Waals surface area (Å²) in [6, 6.07) is 11.0. The summed E-state index contributed by atoms with van der Waals surface area (Å²) in [4.78, 5) is 66.6. The van der Waals surface area contributed by atoms with E-state index in [1.54, 1.807) is 38.1 Å². The maximum absolute atomic E-state index is 13.4. The van der Waals surface area contributed by atoms with Crippen molar-refractivity contribution in [3.8, 4) is 0 Å². The van der Waals surface area contributed by atoms with E-state index in [1.165, 1.54) is 34.9 Å². The van der Waals surface area contributed by atoms with Crippen LogP contribution in [0, 0.1) is 0 Å². The molecule has 4 amide bonds. The number of hydrogen-bond donors (Lipinski definition) is 1. The molecule has 2 heterocycles. The number of anilines is 2. The fourth-order valence-electron chi connectivity index (χ4n) is 4.24. The van der Waals surface area contributed by atoms with Crippen LogP contribution in [-0.2, 0) is 14.3 Å². The first-order valence-corrected chi connectivity index (χ1v) is 11.5.